The minimum Gasteiger partial charge on any atom is -0.354 e. The third-order valence-corrected chi connectivity index (χ3v) is 5.91. The topological polar surface area (TPSA) is 32.3 Å². The quantitative estimate of drug-likeness (QED) is 0.652. The number of hydrogen-bond acceptors (Lipinski definition) is 5. The van der Waals surface area contributed by atoms with E-state index in [1.807, 2.05) is 10.4 Å². The van der Waals surface area contributed by atoms with Crippen LogP contribution >= 0.6 is 11.3 Å². The van der Waals surface area contributed by atoms with Crippen molar-refractivity contribution in [3.8, 4) is 0 Å². The van der Waals surface area contributed by atoms with Crippen LogP contribution in [0, 0.1) is 0 Å². The molecule has 4 nitrogen and oxygen atoms in total. The molecule has 1 saturated heterocycles. The lowest BCUT2D eigenvalue weighted by molar-refractivity contribution is -0.137. The number of piperazine rings is 1. The molecule has 0 N–H and O–H groups in total. The SMILES string of the molecule is CC(c1ccc2scnc2c1)N1CCN(c2ccc(C(F)(F)F)cn2)CC1. The summed E-state index contributed by atoms with van der Waals surface area (Å²) in [6.07, 6.45) is -3.44. The summed E-state index contributed by atoms with van der Waals surface area (Å²) in [7, 11) is 0. The zero-order valence-electron chi connectivity index (χ0n) is 14.8. The fraction of sp³-hybridized carbons (Fsp3) is 0.368. The highest BCUT2D eigenvalue weighted by Crippen LogP contribution is 2.30. The molecule has 3 aromatic rings. The van der Waals surface area contributed by atoms with Gasteiger partial charge in [-0.3, -0.25) is 4.90 Å². The van der Waals surface area contributed by atoms with Gasteiger partial charge in [0.15, 0.2) is 0 Å². The number of alkyl halides is 3. The fourth-order valence-electron chi connectivity index (χ4n) is 3.42. The summed E-state index contributed by atoms with van der Waals surface area (Å²) in [6, 6.07) is 9.22. The predicted molar refractivity (Wildman–Crippen MR) is 101 cm³/mol. The zero-order valence-corrected chi connectivity index (χ0v) is 15.6. The van der Waals surface area contributed by atoms with E-state index in [4.69, 9.17) is 0 Å². The molecule has 8 heteroatoms. The Kier molecular flexibility index (Phi) is 4.77. The van der Waals surface area contributed by atoms with Gasteiger partial charge in [0.25, 0.3) is 0 Å². The molecule has 0 amide bonds. The van der Waals surface area contributed by atoms with E-state index in [0.29, 0.717) is 5.82 Å². The Morgan fingerprint density at radius 3 is 2.48 bits per heavy atom. The highest BCUT2D eigenvalue weighted by atomic mass is 32.1. The van der Waals surface area contributed by atoms with E-state index >= 15 is 0 Å². The molecule has 1 unspecified atom stereocenters. The van der Waals surface area contributed by atoms with Gasteiger partial charge in [0.2, 0.25) is 0 Å². The lowest BCUT2D eigenvalue weighted by atomic mass is 10.1. The standard InChI is InChI=1S/C19H19F3N4S/c1-13(14-2-4-17-16(10-14)24-12-27-17)25-6-8-26(9-7-25)18-5-3-15(11-23-18)19(20,21)22/h2-5,10-13H,6-9H2,1H3. The molecule has 0 bridgehead atoms. The Hall–Kier alpha value is -2.19. The van der Waals surface area contributed by atoms with Crippen LogP contribution in [-0.4, -0.2) is 41.0 Å². The number of rotatable bonds is 3. The molecular weight excluding hydrogens is 373 g/mol. The number of pyridine rings is 1. The summed E-state index contributed by atoms with van der Waals surface area (Å²) >= 11 is 1.63. The summed E-state index contributed by atoms with van der Waals surface area (Å²) in [4.78, 5) is 12.8. The molecular formula is C19H19F3N4S. The Morgan fingerprint density at radius 2 is 1.81 bits per heavy atom. The van der Waals surface area contributed by atoms with Gasteiger partial charge in [-0.15, -0.1) is 11.3 Å². The molecule has 0 spiro atoms. The largest absolute Gasteiger partial charge is 0.417 e. The number of nitrogens with zero attached hydrogens (tertiary/aromatic N) is 4. The molecule has 1 atom stereocenters. The molecule has 27 heavy (non-hydrogen) atoms. The molecule has 2 aromatic heterocycles. The van der Waals surface area contributed by atoms with Crippen LogP contribution in [0.3, 0.4) is 0 Å². The van der Waals surface area contributed by atoms with Crippen molar-refractivity contribution in [1.29, 1.82) is 0 Å². The zero-order chi connectivity index (χ0) is 19.0. The molecule has 1 fully saturated rings. The maximum absolute atomic E-state index is 12.7. The van der Waals surface area contributed by atoms with Crippen molar-refractivity contribution in [1.82, 2.24) is 14.9 Å². The first-order valence-electron chi connectivity index (χ1n) is 8.77. The molecule has 1 aliphatic heterocycles. The lowest BCUT2D eigenvalue weighted by Crippen LogP contribution is -2.47. The molecule has 3 heterocycles. The van der Waals surface area contributed by atoms with Gasteiger partial charge in [-0.1, -0.05) is 6.07 Å². The number of aromatic nitrogens is 2. The summed E-state index contributed by atoms with van der Waals surface area (Å²) in [5.74, 6) is 0.596. The van der Waals surface area contributed by atoms with E-state index in [0.717, 1.165) is 44.0 Å². The number of thiazole rings is 1. The monoisotopic (exact) mass is 392 g/mol. The van der Waals surface area contributed by atoms with Gasteiger partial charge >= 0.3 is 6.18 Å². The van der Waals surface area contributed by atoms with Gasteiger partial charge in [0.05, 0.1) is 21.3 Å². The van der Waals surface area contributed by atoms with Crippen molar-refractivity contribution >= 4 is 27.4 Å². The smallest absolute Gasteiger partial charge is 0.354 e. The third-order valence-electron chi connectivity index (χ3n) is 5.10. The van der Waals surface area contributed by atoms with Crippen molar-refractivity contribution in [2.24, 2.45) is 0 Å². The number of halogens is 3. The highest BCUT2D eigenvalue weighted by molar-refractivity contribution is 7.16. The van der Waals surface area contributed by atoms with Crippen molar-refractivity contribution < 1.29 is 13.2 Å². The minimum atomic E-state index is -4.35. The second-order valence-electron chi connectivity index (χ2n) is 6.68. The van der Waals surface area contributed by atoms with Gasteiger partial charge in [-0.2, -0.15) is 13.2 Å². The van der Waals surface area contributed by atoms with E-state index in [1.54, 1.807) is 11.3 Å². The summed E-state index contributed by atoms with van der Waals surface area (Å²) in [5.41, 5.74) is 3.40. The fourth-order valence-corrected chi connectivity index (χ4v) is 4.08. The lowest BCUT2D eigenvalue weighted by Gasteiger charge is -2.38. The summed E-state index contributed by atoms with van der Waals surface area (Å²) in [6.45, 7) is 5.32. The van der Waals surface area contributed by atoms with E-state index in [1.165, 1.54) is 16.3 Å². The van der Waals surface area contributed by atoms with Gasteiger partial charge in [-0.05, 0) is 36.8 Å². The van der Waals surface area contributed by atoms with Crippen LogP contribution in [-0.2, 0) is 6.18 Å². The van der Waals surface area contributed by atoms with Crippen LogP contribution in [0.4, 0.5) is 19.0 Å². The first kappa shape index (κ1) is 18.2. The van der Waals surface area contributed by atoms with Gasteiger partial charge < -0.3 is 4.90 Å². The van der Waals surface area contributed by atoms with Crippen LogP contribution in [0.2, 0.25) is 0 Å². The van der Waals surface area contributed by atoms with Gasteiger partial charge in [0, 0.05) is 38.4 Å². The van der Waals surface area contributed by atoms with Crippen LogP contribution in [0.5, 0.6) is 0 Å². The minimum absolute atomic E-state index is 0.263. The molecule has 4 rings (SSSR count). The Labute approximate surface area is 159 Å². The molecule has 0 radical (unpaired) electrons. The van der Waals surface area contributed by atoms with Crippen molar-refractivity contribution in [3.05, 3.63) is 53.2 Å². The van der Waals surface area contributed by atoms with Gasteiger partial charge in [-0.25, -0.2) is 9.97 Å². The molecule has 142 valence electrons. The van der Waals surface area contributed by atoms with E-state index in [2.05, 4.69) is 40.0 Å². The van der Waals surface area contributed by atoms with E-state index in [-0.39, 0.29) is 6.04 Å². The van der Waals surface area contributed by atoms with Crippen molar-refractivity contribution in [2.75, 3.05) is 31.1 Å². The summed E-state index contributed by atoms with van der Waals surface area (Å²) < 4.78 is 39.2. The molecule has 1 aromatic carbocycles. The van der Waals surface area contributed by atoms with E-state index < -0.39 is 11.7 Å². The Balaban J connectivity index is 1.40. The maximum Gasteiger partial charge on any atom is 0.417 e. The molecule has 0 aliphatic carbocycles. The Bertz CT molecular complexity index is 915. The number of anilines is 1. The second kappa shape index (κ2) is 7.09. The first-order chi connectivity index (χ1) is 12.9. The van der Waals surface area contributed by atoms with E-state index in [9.17, 15) is 13.2 Å². The normalized spacial score (nSPS) is 17.4. The van der Waals surface area contributed by atoms with Crippen LogP contribution in [0.25, 0.3) is 10.2 Å². The average molecular weight is 392 g/mol. The third kappa shape index (κ3) is 3.77. The number of fused-ring (bicyclic) bond motifs is 1. The van der Waals surface area contributed by atoms with Crippen LogP contribution in [0.1, 0.15) is 24.1 Å². The molecule has 1 aliphatic rings. The van der Waals surface area contributed by atoms with Crippen molar-refractivity contribution in [3.63, 3.8) is 0 Å². The highest BCUT2D eigenvalue weighted by Gasteiger charge is 2.31. The van der Waals surface area contributed by atoms with Crippen LogP contribution < -0.4 is 4.90 Å². The maximum atomic E-state index is 12.7. The second-order valence-corrected chi connectivity index (χ2v) is 7.57. The number of hydrogen-bond donors (Lipinski definition) is 0. The Morgan fingerprint density at radius 1 is 1.04 bits per heavy atom. The van der Waals surface area contributed by atoms with Gasteiger partial charge in [0.1, 0.15) is 5.82 Å². The summed E-state index contributed by atoms with van der Waals surface area (Å²) in [5, 5.41) is 0. The number of benzene rings is 1. The van der Waals surface area contributed by atoms with Crippen molar-refractivity contribution in [2.45, 2.75) is 19.1 Å². The first-order valence-corrected chi connectivity index (χ1v) is 9.65. The predicted octanol–water partition coefficient (Wildman–Crippen LogP) is 4.59. The molecule has 0 saturated carbocycles. The average Bonchev–Trinajstić information content (AvgIpc) is 3.15. The van der Waals surface area contributed by atoms with Crippen LogP contribution in [0.15, 0.2) is 42.0 Å².